The van der Waals surface area contributed by atoms with Gasteiger partial charge in [0, 0.05) is 16.9 Å². The highest BCUT2D eigenvalue weighted by molar-refractivity contribution is 6.02. The lowest BCUT2D eigenvalue weighted by atomic mass is 9.97. The molecule has 0 bridgehead atoms. The molecule has 3 amide bonds. The number of amides is 3. The van der Waals surface area contributed by atoms with Crippen molar-refractivity contribution in [3.63, 3.8) is 0 Å². The molecule has 1 heterocycles. The lowest BCUT2D eigenvalue weighted by Crippen LogP contribution is -2.42. The molecular formula is C28H26F3N3O4. The highest BCUT2D eigenvalue weighted by atomic mass is 19.4. The smallest absolute Gasteiger partial charge is 0.416 e. The predicted octanol–water partition coefficient (Wildman–Crippen LogP) is 6.79. The van der Waals surface area contributed by atoms with E-state index >= 15 is 0 Å². The third-order valence-corrected chi connectivity index (χ3v) is 6.49. The number of urea groups is 1. The van der Waals surface area contributed by atoms with Gasteiger partial charge in [0.25, 0.3) is 5.91 Å². The van der Waals surface area contributed by atoms with E-state index in [4.69, 9.17) is 0 Å². The molecule has 1 aliphatic rings. The van der Waals surface area contributed by atoms with E-state index in [0.717, 1.165) is 28.8 Å². The van der Waals surface area contributed by atoms with Gasteiger partial charge in [-0.05, 0) is 72.5 Å². The molecule has 0 spiro atoms. The molecule has 10 heteroatoms. The number of alkyl halides is 3. The van der Waals surface area contributed by atoms with Gasteiger partial charge in [-0.1, -0.05) is 37.6 Å². The Hall–Kier alpha value is -4.34. The van der Waals surface area contributed by atoms with Crippen molar-refractivity contribution in [3.8, 4) is 11.1 Å². The van der Waals surface area contributed by atoms with Crippen LogP contribution in [-0.4, -0.2) is 34.0 Å². The summed E-state index contributed by atoms with van der Waals surface area (Å²) in [6.07, 6.45) is -3.52. The average molecular weight is 526 g/mol. The number of carboxylic acids is 1. The molecule has 1 aliphatic heterocycles. The minimum absolute atomic E-state index is 0.00821. The van der Waals surface area contributed by atoms with E-state index in [0.29, 0.717) is 24.1 Å². The predicted molar refractivity (Wildman–Crippen MR) is 137 cm³/mol. The normalized spacial score (nSPS) is 15.7. The number of nitrogens with one attached hydrogen (secondary N) is 2. The summed E-state index contributed by atoms with van der Waals surface area (Å²) in [7, 11) is 0. The van der Waals surface area contributed by atoms with Gasteiger partial charge in [0.05, 0.1) is 11.6 Å². The van der Waals surface area contributed by atoms with Crippen LogP contribution in [0.4, 0.5) is 29.3 Å². The second kappa shape index (κ2) is 10.6. The first-order valence-electron chi connectivity index (χ1n) is 12.0. The van der Waals surface area contributed by atoms with Crippen molar-refractivity contribution in [2.75, 3.05) is 10.6 Å². The van der Waals surface area contributed by atoms with E-state index in [1.54, 1.807) is 36.4 Å². The fourth-order valence-corrected chi connectivity index (χ4v) is 4.63. The standard InChI is InChI=1S/C28H26F3N3O4/c1-3-5-24(26(36)37)34-16(2)23-14-18(10-13-22(23)25(34)35)17-8-11-20(12-9-17)32-27(38)33-21-7-4-6-19(15-21)28(29,30)31/h4,6-16,24H,3,5H2,1-2H3,(H,36,37)(H2,32,33,38)/t16-,24?/m0/s1. The summed E-state index contributed by atoms with van der Waals surface area (Å²) in [5.41, 5.74) is 2.42. The fourth-order valence-electron chi connectivity index (χ4n) is 4.63. The number of benzene rings is 3. The summed E-state index contributed by atoms with van der Waals surface area (Å²) in [5, 5.41) is 14.6. The van der Waals surface area contributed by atoms with E-state index < -0.39 is 35.8 Å². The van der Waals surface area contributed by atoms with E-state index in [-0.39, 0.29) is 11.6 Å². The molecule has 0 saturated heterocycles. The first-order chi connectivity index (χ1) is 18.0. The Kier molecular flexibility index (Phi) is 7.43. The SMILES string of the molecule is CCCC(C(=O)O)N1C(=O)c2ccc(-c3ccc(NC(=O)Nc4cccc(C(F)(F)F)c4)cc3)cc2[C@@H]1C. The zero-order valence-corrected chi connectivity index (χ0v) is 20.7. The number of rotatable bonds is 7. The van der Waals surface area contributed by atoms with Crippen molar-refractivity contribution in [2.24, 2.45) is 0 Å². The van der Waals surface area contributed by atoms with E-state index in [2.05, 4.69) is 10.6 Å². The van der Waals surface area contributed by atoms with Crippen LogP contribution in [0.1, 0.15) is 54.2 Å². The first kappa shape index (κ1) is 26.7. The monoisotopic (exact) mass is 525 g/mol. The number of nitrogens with zero attached hydrogens (tertiary/aromatic N) is 1. The summed E-state index contributed by atoms with van der Waals surface area (Å²) in [6.45, 7) is 3.69. The first-order valence-corrected chi connectivity index (χ1v) is 12.0. The van der Waals surface area contributed by atoms with Crippen molar-refractivity contribution in [1.29, 1.82) is 0 Å². The van der Waals surface area contributed by atoms with Gasteiger partial charge in [-0.25, -0.2) is 9.59 Å². The molecular weight excluding hydrogens is 499 g/mol. The van der Waals surface area contributed by atoms with E-state index in [1.807, 2.05) is 19.9 Å². The summed E-state index contributed by atoms with van der Waals surface area (Å²) in [6, 6.07) is 14.5. The molecule has 0 fully saturated rings. The molecule has 2 atom stereocenters. The molecule has 0 aromatic heterocycles. The Morgan fingerprint density at radius 1 is 0.974 bits per heavy atom. The van der Waals surface area contributed by atoms with Crippen LogP contribution in [0.25, 0.3) is 11.1 Å². The summed E-state index contributed by atoms with van der Waals surface area (Å²) < 4.78 is 38.7. The zero-order chi connectivity index (χ0) is 27.6. The van der Waals surface area contributed by atoms with Crippen molar-refractivity contribution < 1.29 is 32.7 Å². The molecule has 3 aromatic rings. The number of hydrogen-bond donors (Lipinski definition) is 3. The largest absolute Gasteiger partial charge is 0.480 e. The molecule has 3 aromatic carbocycles. The Labute approximate surface area is 217 Å². The molecule has 0 aliphatic carbocycles. The second-order valence-electron chi connectivity index (χ2n) is 9.07. The molecule has 198 valence electrons. The molecule has 1 unspecified atom stereocenters. The Bertz CT molecular complexity index is 1370. The maximum Gasteiger partial charge on any atom is 0.416 e. The van der Waals surface area contributed by atoms with Crippen molar-refractivity contribution in [1.82, 2.24) is 4.90 Å². The Balaban J connectivity index is 1.47. The number of halogens is 3. The van der Waals surface area contributed by atoms with Crippen LogP contribution in [0, 0.1) is 0 Å². The van der Waals surface area contributed by atoms with Gasteiger partial charge >= 0.3 is 18.2 Å². The van der Waals surface area contributed by atoms with Gasteiger partial charge in [0.2, 0.25) is 0 Å². The summed E-state index contributed by atoms with van der Waals surface area (Å²) in [5.74, 6) is -1.33. The lowest BCUT2D eigenvalue weighted by Gasteiger charge is -2.28. The molecule has 0 radical (unpaired) electrons. The van der Waals surface area contributed by atoms with Crippen LogP contribution >= 0.6 is 0 Å². The van der Waals surface area contributed by atoms with Crippen LogP contribution in [0.3, 0.4) is 0 Å². The maximum atomic E-state index is 13.0. The number of anilines is 2. The van der Waals surface area contributed by atoms with Gasteiger partial charge < -0.3 is 20.6 Å². The van der Waals surface area contributed by atoms with Gasteiger partial charge in [0.1, 0.15) is 6.04 Å². The van der Waals surface area contributed by atoms with Crippen LogP contribution < -0.4 is 10.6 Å². The van der Waals surface area contributed by atoms with Crippen molar-refractivity contribution in [3.05, 3.63) is 83.4 Å². The molecule has 0 saturated carbocycles. The zero-order valence-electron chi connectivity index (χ0n) is 20.7. The number of carbonyl (C=O) groups excluding carboxylic acids is 2. The van der Waals surface area contributed by atoms with E-state index in [1.165, 1.54) is 17.0 Å². The Morgan fingerprint density at radius 2 is 1.63 bits per heavy atom. The number of aliphatic carboxylic acids is 1. The van der Waals surface area contributed by atoms with Crippen LogP contribution in [0.5, 0.6) is 0 Å². The summed E-state index contributed by atoms with van der Waals surface area (Å²) >= 11 is 0. The van der Waals surface area contributed by atoms with Gasteiger partial charge in [-0.3, -0.25) is 4.79 Å². The average Bonchev–Trinajstić information content (AvgIpc) is 3.11. The minimum Gasteiger partial charge on any atom is -0.480 e. The van der Waals surface area contributed by atoms with Crippen molar-refractivity contribution in [2.45, 2.75) is 44.9 Å². The highest BCUT2D eigenvalue weighted by Crippen LogP contribution is 2.38. The number of hydrogen-bond acceptors (Lipinski definition) is 3. The molecule has 3 N–H and O–H groups in total. The molecule has 38 heavy (non-hydrogen) atoms. The fraction of sp³-hybridized carbons (Fsp3) is 0.250. The van der Waals surface area contributed by atoms with Crippen LogP contribution in [-0.2, 0) is 11.0 Å². The highest BCUT2D eigenvalue weighted by Gasteiger charge is 2.41. The molecule has 7 nitrogen and oxygen atoms in total. The Morgan fingerprint density at radius 3 is 2.26 bits per heavy atom. The topological polar surface area (TPSA) is 98.7 Å². The van der Waals surface area contributed by atoms with Gasteiger partial charge in [-0.2, -0.15) is 13.2 Å². The quantitative estimate of drug-likeness (QED) is 0.316. The lowest BCUT2D eigenvalue weighted by molar-refractivity contribution is -0.143. The summed E-state index contributed by atoms with van der Waals surface area (Å²) in [4.78, 5) is 38.5. The third kappa shape index (κ3) is 5.49. The van der Waals surface area contributed by atoms with E-state index in [9.17, 15) is 32.7 Å². The maximum absolute atomic E-state index is 13.0. The number of carbonyl (C=O) groups is 3. The molecule has 4 rings (SSSR count). The third-order valence-electron chi connectivity index (χ3n) is 6.49. The number of fused-ring (bicyclic) bond motifs is 1. The van der Waals surface area contributed by atoms with Crippen molar-refractivity contribution >= 4 is 29.3 Å². The number of carboxylic acid groups (broad SMARTS) is 1. The van der Waals surface area contributed by atoms with Crippen LogP contribution in [0.15, 0.2) is 66.7 Å². The second-order valence-corrected chi connectivity index (χ2v) is 9.07. The van der Waals surface area contributed by atoms with Gasteiger partial charge in [0.15, 0.2) is 0 Å². The van der Waals surface area contributed by atoms with Crippen LogP contribution in [0.2, 0.25) is 0 Å². The minimum atomic E-state index is -4.52. The van der Waals surface area contributed by atoms with Gasteiger partial charge in [-0.15, -0.1) is 0 Å².